The van der Waals surface area contributed by atoms with Crippen molar-refractivity contribution in [3.8, 4) is 0 Å². The van der Waals surface area contributed by atoms with Crippen LogP contribution in [0.2, 0.25) is 0 Å². The number of aliphatic imine (C=N–C) groups is 1. The fraction of sp³-hybridized carbons (Fsp3) is 0.833. The van der Waals surface area contributed by atoms with E-state index in [0.29, 0.717) is 5.84 Å². The SMILES string of the molecule is CC(=NC(C)C)NS(C)(=O)=O. The second-order valence-corrected chi connectivity index (χ2v) is 4.43. The van der Waals surface area contributed by atoms with Crippen LogP contribution in [0.3, 0.4) is 0 Å². The van der Waals surface area contributed by atoms with Crippen LogP contribution >= 0.6 is 0 Å². The maximum Gasteiger partial charge on any atom is 0.230 e. The first kappa shape index (κ1) is 10.4. The molecular formula is C6H14N2O2S. The molecule has 0 aromatic carbocycles. The molecule has 11 heavy (non-hydrogen) atoms. The average Bonchev–Trinajstić information content (AvgIpc) is 1.53. The van der Waals surface area contributed by atoms with Crippen molar-refractivity contribution in [1.82, 2.24) is 4.72 Å². The zero-order valence-corrected chi connectivity index (χ0v) is 8.07. The number of sulfonamides is 1. The molecule has 0 spiro atoms. The number of nitrogens with one attached hydrogen (secondary N) is 1. The van der Waals surface area contributed by atoms with Crippen LogP contribution in [0.15, 0.2) is 4.99 Å². The fourth-order valence-corrected chi connectivity index (χ4v) is 1.27. The minimum absolute atomic E-state index is 0.115. The zero-order valence-electron chi connectivity index (χ0n) is 7.25. The van der Waals surface area contributed by atoms with Crippen LogP contribution in [-0.2, 0) is 10.0 Å². The second-order valence-electron chi connectivity index (χ2n) is 2.68. The Kier molecular flexibility index (Phi) is 3.51. The van der Waals surface area contributed by atoms with Gasteiger partial charge in [-0.3, -0.25) is 9.71 Å². The summed E-state index contributed by atoms with van der Waals surface area (Å²) in [5.41, 5.74) is 0. The van der Waals surface area contributed by atoms with E-state index in [2.05, 4.69) is 9.71 Å². The molecule has 0 unspecified atom stereocenters. The summed E-state index contributed by atoms with van der Waals surface area (Å²) >= 11 is 0. The molecule has 0 saturated heterocycles. The van der Waals surface area contributed by atoms with Gasteiger partial charge in [0.1, 0.15) is 5.84 Å². The minimum Gasteiger partial charge on any atom is -0.272 e. The molecule has 0 saturated carbocycles. The van der Waals surface area contributed by atoms with E-state index in [-0.39, 0.29) is 6.04 Å². The van der Waals surface area contributed by atoms with Crippen LogP contribution in [0.5, 0.6) is 0 Å². The number of hydrogen-bond donors (Lipinski definition) is 1. The number of hydrogen-bond acceptors (Lipinski definition) is 3. The molecule has 5 heteroatoms. The largest absolute Gasteiger partial charge is 0.272 e. The monoisotopic (exact) mass is 178 g/mol. The normalized spacial score (nSPS) is 13.7. The highest BCUT2D eigenvalue weighted by atomic mass is 32.2. The molecule has 0 aromatic rings. The molecule has 0 atom stereocenters. The lowest BCUT2D eigenvalue weighted by Gasteiger charge is -2.03. The minimum atomic E-state index is -3.15. The molecule has 0 aliphatic heterocycles. The Bertz CT molecular complexity index is 241. The van der Waals surface area contributed by atoms with Crippen molar-refractivity contribution in [3.05, 3.63) is 0 Å². The zero-order chi connectivity index (χ0) is 9.07. The van der Waals surface area contributed by atoms with Crippen molar-refractivity contribution in [2.24, 2.45) is 4.99 Å². The maximum atomic E-state index is 10.6. The molecule has 1 N–H and O–H groups in total. The summed E-state index contributed by atoms with van der Waals surface area (Å²) in [6.45, 7) is 5.39. The summed E-state index contributed by atoms with van der Waals surface area (Å²) in [6, 6.07) is 0.115. The number of amidine groups is 1. The summed E-state index contributed by atoms with van der Waals surface area (Å²) in [4.78, 5) is 3.99. The highest BCUT2D eigenvalue weighted by molar-refractivity contribution is 7.89. The molecule has 0 aromatic heterocycles. The first-order valence-electron chi connectivity index (χ1n) is 3.33. The Balaban J connectivity index is 4.20. The summed E-state index contributed by atoms with van der Waals surface area (Å²) in [7, 11) is -3.15. The summed E-state index contributed by atoms with van der Waals surface area (Å²) in [5.74, 6) is 0.433. The van der Waals surface area contributed by atoms with Gasteiger partial charge >= 0.3 is 0 Å². The van der Waals surface area contributed by atoms with Gasteiger partial charge in [-0.1, -0.05) is 0 Å². The van der Waals surface area contributed by atoms with Gasteiger partial charge < -0.3 is 0 Å². The summed E-state index contributed by atoms with van der Waals surface area (Å²) < 4.78 is 23.5. The highest BCUT2D eigenvalue weighted by Gasteiger charge is 2.00. The fourth-order valence-electron chi connectivity index (χ4n) is 0.682. The average molecular weight is 178 g/mol. The molecule has 0 radical (unpaired) electrons. The van der Waals surface area contributed by atoms with Gasteiger partial charge in [0.15, 0.2) is 0 Å². The molecule has 66 valence electrons. The van der Waals surface area contributed by atoms with Crippen LogP contribution < -0.4 is 4.72 Å². The van der Waals surface area contributed by atoms with Gasteiger partial charge in [-0.2, -0.15) is 0 Å². The lowest BCUT2D eigenvalue weighted by molar-refractivity contribution is 0.598. The molecule has 0 heterocycles. The predicted molar refractivity (Wildman–Crippen MR) is 46.2 cm³/mol. The van der Waals surface area contributed by atoms with Crippen LogP contribution in [0, 0.1) is 0 Å². The smallest absolute Gasteiger partial charge is 0.230 e. The van der Waals surface area contributed by atoms with Crippen molar-refractivity contribution in [2.75, 3.05) is 6.26 Å². The molecule has 0 fully saturated rings. The van der Waals surface area contributed by atoms with E-state index < -0.39 is 10.0 Å². The van der Waals surface area contributed by atoms with Gasteiger partial charge in [0, 0.05) is 6.04 Å². The Labute approximate surface area is 67.8 Å². The third-order valence-corrected chi connectivity index (χ3v) is 1.45. The highest BCUT2D eigenvalue weighted by Crippen LogP contribution is 1.87. The van der Waals surface area contributed by atoms with Crippen LogP contribution in [0.1, 0.15) is 20.8 Å². The van der Waals surface area contributed by atoms with Gasteiger partial charge in [0.05, 0.1) is 6.26 Å². The van der Waals surface area contributed by atoms with Gasteiger partial charge in [-0.25, -0.2) is 8.42 Å². The van der Waals surface area contributed by atoms with Gasteiger partial charge in [-0.05, 0) is 20.8 Å². The third kappa shape index (κ3) is 7.32. The van der Waals surface area contributed by atoms with Crippen molar-refractivity contribution < 1.29 is 8.42 Å². The third-order valence-electron chi connectivity index (χ3n) is 0.785. The van der Waals surface area contributed by atoms with Crippen LogP contribution in [0.4, 0.5) is 0 Å². The summed E-state index contributed by atoms with van der Waals surface area (Å²) in [6.07, 6.45) is 1.10. The molecule has 0 aliphatic rings. The Hall–Kier alpha value is -0.580. The van der Waals surface area contributed by atoms with Crippen molar-refractivity contribution in [2.45, 2.75) is 26.8 Å². The first-order valence-corrected chi connectivity index (χ1v) is 5.22. The maximum absolute atomic E-state index is 10.6. The molecule has 0 rings (SSSR count). The predicted octanol–water partition coefficient (Wildman–Crippen LogP) is 0.362. The van der Waals surface area contributed by atoms with E-state index in [0.717, 1.165) is 6.26 Å². The van der Waals surface area contributed by atoms with Gasteiger partial charge in [-0.15, -0.1) is 0 Å². The Morgan fingerprint density at radius 3 is 2.18 bits per heavy atom. The lowest BCUT2D eigenvalue weighted by Crippen LogP contribution is -2.27. The Morgan fingerprint density at radius 1 is 1.45 bits per heavy atom. The second kappa shape index (κ2) is 3.71. The van der Waals surface area contributed by atoms with Crippen LogP contribution in [-0.4, -0.2) is 26.6 Å². The van der Waals surface area contributed by atoms with E-state index in [4.69, 9.17) is 0 Å². The van der Waals surface area contributed by atoms with E-state index >= 15 is 0 Å². The van der Waals surface area contributed by atoms with Gasteiger partial charge in [0.2, 0.25) is 10.0 Å². The van der Waals surface area contributed by atoms with Crippen molar-refractivity contribution >= 4 is 15.9 Å². The summed E-state index contributed by atoms with van der Waals surface area (Å²) in [5, 5.41) is 0. The van der Waals surface area contributed by atoms with Gasteiger partial charge in [0.25, 0.3) is 0 Å². The van der Waals surface area contributed by atoms with E-state index in [9.17, 15) is 8.42 Å². The lowest BCUT2D eigenvalue weighted by atomic mass is 10.4. The van der Waals surface area contributed by atoms with E-state index in [1.807, 2.05) is 13.8 Å². The number of rotatable bonds is 2. The van der Waals surface area contributed by atoms with E-state index in [1.165, 1.54) is 0 Å². The first-order chi connectivity index (χ1) is 4.81. The van der Waals surface area contributed by atoms with Crippen LogP contribution in [0.25, 0.3) is 0 Å². The topological polar surface area (TPSA) is 58.5 Å². The standard InChI is InChI=1S/C6H14N2O2S/c1-5(2)7-6(3)8-11(4,9)10/h5H,1-4H3,(H,7,8). The Morgan fingerprint density at radius 2 is 1.91 bits per heavy atom. The van der Waals surface area contributed by atoms with Crippen molar-refractivity contribution in [3.63, 3.8) is 0 Å². The molecule has 0 amide bonds. The van der Waals surface area contributed by atoms with E-state index in [1.54, 1.807) is 6.92 Å². The molecular weight excluding hydrogens is 164 g/mol. The quantitative estimate of drug-likeness (QED) is 0.490. The molecule has 0 aliphatic carbocycles. The number of nitrogens with zero attached hydrogens (tertiary/aromatic N) is 1. The molecule has 0 bridgehead atoms. The van der Waals surface area contributed by atoms with Crippen molar-refractivity contribution in [1.29, 1.82) is 0 Å². The molecule has 4 nitrogen and oxygen atoms in total.